The quantitative estimate of drug-likeness (QED) is 0.139. The number of aliphatic hydroxyl groups excluding tert-OH is 10. The molecule has 10 heteroatoms. The topological polar surface area (TPSA) is 202 Å². The highest BCUT2D eigenvalue weighted by Gasteiger charge is 2.25. The molecule has 0 spiro atoms. The van der Waals surface area contributed by atoms with Crippen molar-refractivity contribution in [3.8, 4) is 0 Å². The molecule has 33 heavy (non-hydrogen) atoms. The van der Waals surface area contributed by atoms with E-state index in [1.165, 1.54) is 0 Å². The Kier molecular flexibility index (Phi) is 31.6. The summed E-state index contributed by atoms with van der Waals surface area (Å²) in [5.74, 6) is 0. The van der Waals surface area contributed by atoms with Crippen molar-refractivity contribution in [3.05, 3.63) is 0 Å². The SMILES string of the molecule is CC(CO)(CO)CO.CCC(CO)(CO)CO.CCCCC(CC)(CO)CO.OCCCO. The van der Waals surface area contributed by atoms with Gasteiger partial charge in [0.2, 0.25) is 0 Å². The summed E-state index contributed by atoms with van der Waals surface area (Å²) in [7, 11) is 0. The summed E-state index contributed by atoms with van der Waals surface area (Å²) in [6.45, 7) is 6.96. The van der Waals surface area contributed by atoms with Crippen LogP contribution in [0.15, 0.2) is 0 Å². The van der Waals surface area contributed by atoms with Crippen molar-refractivity contribution in [1.29, 1.82) is 0 Å². The van der Waals surface area contributed by atoms with Gasteiger partial charge in [0, 0.05) is 29.5 Å². The zero-order valence-electron chi connectivity index (χ0n) is 21.3. The zero-order chi connectivity index (χ0) is 26.8. The van der Waals surface area contributed by atoms with Gasteiger partial charge in [0.05, 0.1) is 52.9 Å². The first kappa shape index (κ1) is 39.8. The third-order valence-corrected chi connectivity index (χ3v) is 5.70. The first-order chi connectivity index (χ1) is 15.6. The van der Waals surface area contributed by atoms with Gasteiger partial charge in [-0.1, -0.05) is 40.5 Å². The van der Waals surface area contributed by atoms with Gasteiger partial charge in [0.15, 0.2) is 0 Å². The lowest BCUT2D eigenvalue weighted by Gasteiger charge is -2.27. The van der Waals surface area contributed by atoms with Crippen molar-refractivity contribution in [1.82, 2.24) is 0 Å². The normalized spacial score (nSPS) is 11.5. The lowest BCUT2D eigenvalue weighted by molar-refractivity contribution is 0.00304. The van der Waals surface area contributed by atoms with E-state index in [0.29, 0.717) is 12.8 Å². The number of aliphatic hydroxyl groups is 10. The lowest BCUT2D eigenvalue weighted by Crippen LogP contribution is -2.32. The van der Waals surface area contributed by atoms with E-state index in [1.807, 2.05) is 13.8 Å². The molecular formula is C23H54O10. The summed E-state index contributed by atoms with van der Waals surface area (Å²) >= 11 is 0. The Morgan fingerprint density at radius 2 is 0.788 bits per heavy atom. The molecule has 0 rings (SSSR count). The predicted octanol–water partition coefficient (Wildman–Crippen LogP) is -0.752. The monoisotopic (exact) mass is 490 g/mol. The summed E-state index contributed by atoms with van der Waals surface area (Å²) < 4.78 is 0. The van der Waals surface area contributed by atoms with Crippen LogP contribution in [0.4, 0.5) is 0 Å². The molecule has 206 valence electrons. The third-order valence-electron chi connectivity index (χ3n) is 5.70. The van der Waals surface area contributed by atoms with Crippen LogP contribution in [0.25, 0.3) is 0 Å². The molecule has 0 aromatic carbocycles. The molecule has 0 saturated carbocycles. The molecular weight excluding hydrogens is 436 g/mol. The number of rotatable bonds is 15. The van der Waals surface area contributed by atoms with E-state index < -0.39 is 10.8 Å². The summed E-state index contributed by atoms with van der Waals surface area (Å²) in [6, 6.07) is 0. The van der Waals surface area contributed by atoms with Crippen molar-refractivity contribution in [2.24, 2.45) is 16.2 Å². The van der Waals surface area contributed by atoms with Gasteiger partial charge in [-0.2, -0.15) is 0 Å². The van der Waals surface area contributed by atoms with E-state index >= 15 is 0 Å². The Hall–Kier alpha value is -0.400. The summed E-state index contributed by atoms with van der Waals surface area (Å²) in [5, 5.41) is 85.3. The Morgan fingerprint density at radius 3 is 0.879 bits per heavy atom. The molecule has 0 aromatic rings. The molecule has 0 aliphatic heterocycles. The maximum atomic E-state index is 9.04. The molecule has 0 saturated heterocycles. The van der Waals surface area contributed by atoms with E-state index in [1.54, 1.807) is 6.92 Å². The van der Waals surface area contributed by atoms with Gasteiger partial charge in [-0.25, -0.2) is 0 Å². The first-order valence-corrected chi connectivity index (χ1v) is 11.7. The van der Waals surface area contributed by atoms with Gasteiger partial charge < -0.3 is 51.1 Å². The van der Waals surface area contributed by atoms with Gasteiger partial charge in [-0.15, -0.1) is 0 Å². The van der Waals surface area contributed by atoms with Crippen molar-refractivity contribution in [2.75, 3.05) is 66.1 Å². The third kappa shape index (κ3) is 20.7. The molecule has 10 N–H and O–H groups in total. The van der Waals surface area contributed by atoms with Crippen LogP contribution in [0.2, 0.25) is 0 Å². The van der Waals surface area contributed by atoms with Gasteiger partial charge in [0.25, 0.3) is 0 Å². The smallest absolute Gasteiger partial charge is 0.0531 e. The fraction of sp³-hybridized carbons (Fsp3) is 1.00. The zero-order valence-corrected chi connectivity index (χ0v) is 21.3. The average molecular weight is 491 g/mol. The molecule has 0 aliphatic carbocycles. The Balaban J connectivity index is -0.000000176. The van der Waals surface area contributed by atoms with Crippen LogP contribution in [0.1, 0.15) is 66.2 Å². The molecule has 0 radical (unpaired) electrons. The standard InChI is InChI=1S/C9H20O2.C6H14O3.C5H12O3.C3H8O2/c1-3-5-6-9(4-2,7-10)8-11;1-2-6(3-7,4-8)5-9;1-5(2-6,3-7)4-8;4-2-1-3-5/h10-11H,3-8H2,1-2H3;7-9H,2-5H2,1H3;6-8H,2-4H2,1H3;4-5H,1-3H2. The van der Waals surface area contributed by atoms with E-state index in [-0.39, 0.29) is 71.5 Å². The van der Waals surface area contributed by atoms with E-state index in [9.17, 15) is 0 Å². The minimum absolute atomic E-state index is 0.0938. The van der Waals surface area contributed by atoms with Crippen LogP contribution >= 0.6 is 0 Å². The average Bonchev–Trinajstić information content (AvgIpc) is 2.88. The Morgan fingerprint density at radius 1 is 0.455 bits per heavy atom. The predicted molar refractivity (Wildman–Crippen MR) is 129 cm³/mol. The fourth-order valence-corrected chi connectivity index (χ4v) is 1.87. The second-order valence-electron chi connectivity index (χ2n) is 8.69. The highest BCUT2D eigenvalue weighted by molar-refractivity contribution is 4.75. The van der Waals surface area contributed by atoms with Crippen LogP contribution in [0.3, 0.4) is 0 Å². The van der Waals surface area contributed by atoms with E-state index in [0.717, 1.165) is 25.7 Å². The van der Waals surface area contributed by atoms with Crippen LogP contribution in [0, 0.1) is 16.2 Å². The first-order valence-electron chi connectivity index (χ1n) is 11.7. The van der Waals surface area contributed by atoms with Crippen molar-refractivity contribution >= 4 is 0 Å². The van der Waals surface area contributed by atoms with Crippen molar-refractivity contribution < 1.29 is 51.1 Å². The Labute approximate surface area is 200 Å². The molecule has 0 unspecified atom stereocenters. The molecule has 0 fully saturated rings. The molecule has 0 aromatic heterocycles. The second kappa shape index (κ2) is 26.2. The van der Waals surface area contributed by atoms with Gasteiger partial charge in [-0.05, 0) is 25.7 Å². The maximum absolute atomic E-state index is 9.04. The summed E-state index contributed by atoms with van der Waals surface area (Å²) in [5.41, 5.74) is -1.59. The molecule has 10 nitrogen and oxygen atoms in total. The second-order valence-corrected chi connectivity index (χ2v) is 8.69. The van der Waals surface area contributed by atoms with Crippen LogP contribution in [-0.2, 0) is 0 Å². The number of hydrogen-bond donors (Lipinski definition) is 10. The van der Waals surface area contributed by atoms with Crippen LogP contribution in [-0.4, -0.2) is 117 Å². The van der Waals surface area contributed by atoms with Crippen molar-refractivity contribution in [2.45, 2.75) is 66.2 Å². The molecule has 0 atom stereocenters. The number of unbranched alkanes of at least 4 members (excludes halogenated alkanes) is 1. The fourth-order valence-electron chi connectivity index (χ4n) is 1.87. The maximum Gasteiger partial charge on any atom is 0.0531 e. The molecule has 0 heterocycles. The number of hydrogen-bond acceptors (Lipinski definition) is 10. The lowest BCUT2D eigenvalue weighted by atomic mass is 9.82. The summed E-state index contributed by atoms with van der Waals surface area (Å²) in [6.07, 6.45) is 5.11. The summed E-state index contributed by atoms with van der Waals surface area (Å²) in [4.78, 5) is 0. The molecule has 0 amide bonds. The minimum Gasteiger partial charge on any atom is -0.396 e. The van der Waals surface area contributed by atoms with Gasteiger partial charge >= 0.3 is 0 Å². The van der Waals surface area contributed by atoms with Crippen LogP contribution < -0.4 is 0 Å². The van der Waals surface area contributed by atoms with E-state index in [2.05, 4.69) is 6.92 Å². The van der Waals surface area contributed by atoms with Gasteiger partial charge in [0.1, 0.15) is 0 Å². The van der Waals surface area contributed by atoms with E-state index in [4.69, 9.17) is 51.1 Å². The van der Waals surface area contributed by atoms with Gasteiger partial charge in [-0.3, -0.25) is 0 Å². The molecule has 0 bridgehead atoms. The molecule has 0 aliphatic rings. The van der Waals surface area contributed by atoms with Crippen molar-refractivity contribution in [3.63, 3.8) is 0 Å². The highest BCUT2D eigenvalue weighted by atomic mass is 16.3. The highest BCUT2D eigenvalue weighted by Crippen LogP contribution is 2.27. The van der Waals surface area contributed by atoms with Crippen LogP contribution in [0.5, 0.6) is 0 Å². The minimum atomic E-state index is -0.708. The largest absolute Gasteiger partial charge is 0.396 e. The Bertz CT molecular complexity index is 321.